The van der Waals surface area contributed by atoms with Crippen molar-refractivity contribution in [2.24, 2.45) is 0 Å². The fourth-order valence-corrected chi connectivity index (χ4v) is 9.00. The average molecular weight is 758 g/mol. The third-order valence-corrected chi connectivity index (χ3v) is 11.8. The van der Waals surface area contributed by atoms with Gasteiger partial charge in [0, 0.05) is 55.5 Å². The molecule has 0 amide bonds. The van der Waals surface area contributed by atoms with Crippen molar-refractivity contribution in [2.75, 3.05) is 4.90 Å². The van der Waals surface area contributed by atoms with Gasteiger partial charge in [0.15, 0.2) is 17.5 Å². The lowest BCUT2D eigenvalue weighted by atomic mass is 9.82. The Morgan fingerprint density at radius 3 is 1.71 bits per heavy atom. The van der Waals surface area contributed by atoms with Crippen LogP contribution in [-0.2, 0) is 5.41 Å². The molecule has 10 aromatic rings. The second-order valence-corrected chi connectivity index (χ2v) is 15.7. The molecule has 280 valence electrons. The molecule has 0 N–H and O–H groups in total. The molecule has 2 heterocycles. The van der Waals surface area contributed by atoms with Crippen molar-refractivity contribution in [3.05, 3.63) is 211 Å². The van der Waals surface area contributed by atoms with Crippen LogP contribution in [0.2, 0.25) is 0 Å². The summed E-state index contributed by atoms with van der Waals surface area (Å²) in [6.07, 6.45) is 0. The quantitative estimate of drug-likeness (QED) is 0.162. The van der Waals surface area contributed by atoms with Gasteiger partial charge in [-0.1, -0.05) is 135 Å². The van der Waals surface area contributed by atoms with Crippen molar-refractivity contribution in [1.29, 1.82) is 0 Å². The zero-order chi connectivity index (χ0) is 39.5. The highest BCUT2D eigenvalue weighted by atomic mass is 15.1. The number of fused-ring (bicyclic) bond motifs is 6. The Morgan fingerprint density at radius 2 is 0.966 bits per heavy atom. The van der Waals surface area contributed by atoms with Crippen molar-refractivity contribution < 1.29 is 0 Å². The van der Waals surface area contributed by atoms with E-state index in [1.165, 1.54) is 27.6 Å². The summed E-state index contributed by atoms with van der Waals surface area (Å²) in [5.41, 5.74) is 14.6. The molecule has 5 heteroatoms. The Bertz CT molecular complexity index is 3170. The topological polar surface area (TPSA) is 46.8 Å². The van der Waals surface area contributed by atoms with E-state index in [0.717, 1.165) is 55.9 Å². The largest absolute Gasteiger partial charge is 0.310 e. The molecule has 0 unspecified atom stereocenters. The molecule has 59 heavy (non-hydrogen) atoms. The molecule has 2 aromatic heterocycles. The first-order valence-corrected chi connectivity index (χ1v) is 20.1. The van der Waals surface area contributed by atoms with Gasteiger partial charge in [0.25, 0.3) is 0 Å². The fraction of sp³-hybridized carbons (Fsp3) is 0.0556. The molecule has 0 aliphatic heterocycles. The normalized spacial score (nSPS) is 12.7. The maximum Gasteiger partial charge on any atom is 0.164 e. The van der Waals surface area contributed by atoms with Crippen LogP contribution in [0.25, 0.3) is 72.8 Å². The van der Waals surface area contributed by atoms with Gasteiger partial charge in [-0.05, 0) is 95.6 Å². The van der Waals surface area contributed by atoms with Crippen LogP contribution in [0.4, 0.5) is 17.1 Å². The highest BCUT2D eigenvalue weighted by Gasteiger charge is 2.37. The van der Waals surface area contributed by atoms with Gasteiger partial charge in [-0.25, -0.2) is 15.0 Å². The molecule has 1 aliphatic carbocycles. The first-order chi connectivity index (χ1) is 29.0. The molecule has 0 saturated carbocycles. The van der Waals surface area contributed by atoms with Crippen molar-refractivity contribution >= 4 is 38.9 Å². The molecule has 5 nitrogen and oxygen atoms in total. The van der Waals surface area contributed by atoms with E-state index in [4.69, 9.17) is 15.0 Å². The lowest BCUT2D eigenvalue weighted by molar-refractivity contribution is 0.660. The summed E-state index contributed by atoms with van der Waals surface area (Å²) in [5, 5.41) is 2.33. The highest BCUT2D eigenvalue weighted by molar-refractivity contribution is 6.10. The van der Waals surface area contributed by atoms with E-state index in [1.807, 2.05) is 18.2 Å². The summed E-state index contributed by atoms with van der Waals surface area (Å²) in [6, 6.07) is 70.7. The van der Waals surface area contributed by atoms with Crippen molar-refractivity contribution in [3.63, 3.8) is 0 Å². The van der Waals surface area contributed by atoms with Crippen LogP contribution in [0.1, 0.15) is 25.0 Å². The Labute approximate surface area is 343 Å². The van der Waals surface area contributed by atoms with Gasteiger partial charge in [-0.3, -0.25) is 0 Å². The van der Waals surface area contributed by atoms with Crippen molar-refractivity contribution in [2.45, 2.75) is 19.3 Å². The van der Waals surface area contributed by atoms with Gasteiger partial charge in [0.1, 0.15) is 0 Å². The number of para-hydroxylation sites is 3. The van der Waals surface area contributed by atoms with Crippen LogP contribution in [0.15, 0.2) is 200 Å². The van der Waals surface area contributed by atoms with E-state index in [-0.39, 0.29) is 5.41 Å². The zero-order valence-electron chi connectivity index (χ0n) is 32.8. The average Bonchev–Trinajstić information content (AvgIpc) is 3.76. The van der Waals surface area contributed by atoms with Crippen molar-refractivity contribution in [1.82, 2.24) is 19.5 Å². The maximum absolute atomic E-state index is 5.19. The van der Waals surface area contributed by atoms with Gasteiger partial charge in [-0.2, -0.15) is 0 Å². The molecule has 0 atom stereocenters. The number of hydrogen-bond acceptors (Lipinski definition) is 4. The van der Waals surface area contributed by atoms with Crippen LogP contribution in [-0.4, -0.2) is 19.5 Å². The number of anilines is 3. The van der Waals surface area contributed by atoms with E-state index in [9.17, 15) is 0 Å². The fourth-order valence-electron chi connectivity index (χ4n) is 9.00. The molecule has 8 aromatic carbocycles. The van der Waals surface area contributed by atoms with Gasteiger partial charge < -0.3 is 9.47 Å². The third-order valence-electron chi connectivity index (χ3n) is 11.8. The molecule has 0 bridgehead atoms. The van der Waals surface area contributed by atoms with E-state index < -0.39 is 0 Å². The van der Waals surface area contributed by atoms with E-state index in [0.29, 0.717) is 17.5 Å². The SMILES string of the molecule is CC1(C)c2ccccc2-c2c(N(c3ccccc3)c3ccc(-c4nc(-c5ccccc5)nc(-c5ccc6c(c5)c5ccccc5n6-c5ccccc5)n4)cc3)cccc21. The first-order valence-electron chi connectivity index (χ1n) is 20.1. The summed E-state index contributed by atoms with van der Waals surface area (Å²) in [6.45, 7) is 4.66. The number of nitrogens with zero attached hydrogens (tertiary/aromatic N) is 5. The standard InChI is InChI=1S/C54H39N5/c1-54(2)45-25-14-12-24-43(45)50-46(54)26-16-28-49(50)58(39-19-8-4-9-20-39)41-32-29-37(30-33-41)52-55-51(36-17-6-3-7-18-36)56-53(57-52)38-31-34-48-44(35-38)42-23-13-15-27-47(42)59(48)40-21-10-5-11-22-40/h3-35H,1-2H3. The van der Waals surface area contributed by atoms with Crippen LogP contribution in [0.3, 0.4) is 0 Å². The van der Waals surface area contributed by atoms with Gasteiger partial charge in [0.05, 0.1) is 16.7 Å². The molecule has 0 fully saturated rings. The number of hydrogen-bond donors (Lipinski definition) is 0. The summed E-state index contributed by atoms with van der Waals surface area (Å²) in [5.74, 6) is 1.88. The lowest BCUT2D eigenvalue weighted by Crippen LogP contribution is -2.16. The summed E-state index contributed by atoms with van der Waals surface area (Å²) in [4.78, 5) is 17.8. The number of benzene rings is 8. The zero-order valence-corrected chi connectivity index (χ0v) is 32.8. The number of rotatable bonds is 7. The molecular weight excluding hydrogens is 719 g/mol. The van der Waals surface area contributed by atoms with Crippen LogP contribution >= 0.6 is 0 Å². The van der Waals surface area contributed by atoms with E-state index >= 15 is 0 Å². The maximum atomic E-state index is 5.19. The molecule has 11 rings (SSSR count). The second-order valence-electron chi connectivity index (χ2n) is 15.7. The summed E-state index contributed by atoms with van der Waals surface area (Å²) < 4.78 is 2.33. The first kappa shape index (κ1) is 34.6. The molecule has 0 radical (unpaired) electrons. The molecule has 1 aliphatic rings. The van der Waals surface area contributed by atoms with Gasteiger partial charge in [-0.15, -0.1) is 0 Å². The Morgan fingerprint density at radius 1 is 0.424 bits per heavy atom. The van der Waals surface area contributed by atoms with Gasteiger partial charge in [0.2, 0.25) is 0 Å². The van der Waals surface area contributed by atoms with Crippen molar-refractivity contribution in [3.8, 4) is 51.0 Å². The lowest BCUT2D eigenvalue weighted by Gasteiger charge is -2.29. The molecule has 0 saturated heterocycles. The Kier molecular flexibility index (Phi) is 8.09. The molecular formula is C54H39N5. The molecule has 0 spiro atoms. The minimum atomic E-state index is -0.107. The summed E-state index contributed by atoms with van der Waals surface area (Å²) >= 11 is 0. The van der Waals surface area contributed by atoms with E-state index in [2.05, 4.69) is 205 Å². The predicted molar refractivity (Wildman–Crippen MR) is 243 cm³/mol. The van der Waals surface area contributed by atoms with Crippen LogP contribution in [0, 0.1) is 0 Å². The Balaban J connectivity index is 1.04. The predicted octanol–water partition coefficient (Wildman–Crippen LogP) is 13.7. The smallest absolute Gasteiger partial charge is 0.164 e. The van der Waals surface area contributed by atoms with Crippen LogP contribution in [0.5, 0.6) is 0 Å². The minimum Gasteiger partial charge on any atom is -0.310 e. The summed E-state index contributed by atoms with van der Waals surface area (Å²) in [7, 11) is 0. The van der Waals surface area contributed by atoms with E-state index in [1.54, 1.807) is 0 Å². The second kappa shape index (κ2) is 13.8. The minimum absolute atomic E-state index is 0.107. The van der Waals surface area contributed by atoms with Crippen LogP contribution < -0.4 is 4.90 Å². The van der Waals surface area contributed by atoms with Gasteiger partial charge >= 0.3 is 0 Å². The highest BCUT2D eigenvalue weighted by Crippen LogP contribution is 2.54. The Hall–Kier alpha value is -7.63. The monoisotopic (exact) mass is 757 g/mol. The third kappa shape index (κ3) is 5.73. The number of aromatic nitrogens is 4.